The number of rotatable bonds is 5. The van der Waals surface area contributed by atoms with Crippen LogP contribution >= 0.6 is 15.9 Å². The summed E-state index contributed by atoms with van der Waals surface area (Å²) in [5.41, 5.74) is 0.731. The van der Waals surface area contributed by atoms with E-state index in [4.69, 9.17) is 9.72 Å². The predicted molar refractivity (Wildman–Crippen MR) is 85.0 cm³/mol. The second-order valence-electron chi connectivity index (χ2n) is 5.97. The molecule has 0 amide bonds. The van der Waals surface area contributed by atoms with Crippen molar-refractivity contribution in [3.05, 3.63) is 16.0 Å². The minimum absolute atomic E-state index is 0.337. The summed E-state index contributed by atoms with van der Waals surface area (Å²) in [6.07, 6.45) is 3.00. The van der Waals surface area contributed by atoms with Crippen molar-refractivity contribution in [3.63, 3.8) is 0 Å². The van der Waals surface area contributed by atoms with Crippen LogP contribution in [0.15, 0.2) is 4.47 Å². The van der Waals surface area contributed by atoms with E-state index < -0.39 is 0 Å². The van der Waals surface area contributed by atoms with Gasteiger partial charge in [-0.2, -0.15) is 0 Å². The first-order valence-corrected chi connectivity index (χ1v) is 8.20. The molecule has 0 radical (unpaired) electrons. The quantitative estimate of drug-likeness (QED) is 0.882. The van der Waals surface area contributed by atoms with Crippen molar-refractivity contribution in [2.45, 2.75) is 52.6 Å². The summed E-state index contributed by atoms with van der Waals surface area (Å²) >= 11 is 3.64. The van der Waals surface area contributed by atoms with E-state index in [1.165, 1.54) is 0 Å². The van der Waals surface area contributed by atoms with Crippen molar-refractivity contribution >= 4 is 21.7 Å². The SMILES string of the molecule is CCNc1nc(C2(C)CCCO2)nc(CC(C)C)c1Br. The highest BCUT2D eigenvalue weighted by Gasteiger charge is 2.35. The lowest BCUT2D eigenvalue weighted by Gasteiger charge is -2.24. The van der Waals surface area contributed by atoms with Gasteiger partial charge < -0.3 is 10.1 Å². The van der Waals surface area contributed by atoms with Gasteiger partial charge >= 0.3 is 0 Å². The second-order valence-corrected chi connectivity index (χ2v) is 6.76. The van der Waals surface area contributed by atoms with Gasteiger partial charge in [0.05, 0.1) is 10.2 Å². The van der Waals surface area contributed by atoms with Gasteiger partial charge in [0, 0.05) is 13.2 Å². The van der Waals surface area contributed by atoms with Crippen molar-refractivity contribution in [1.82, 2.24) is 9.97 Å². The van der Waals surface area contributed by atoms with Crippen LogP contribution in [0.25, 0.3) is 0 Å². The fraction of sp³-hybridized carbons (Fsp3) is 0.733. The Bertz CT molecular complexity index is 470. The first-order valence-electron chi connectivity index (χ1n) is 7.41. The fourth-order valence-electron chi connectivity index (χ4n) is 2.49. The van der Waals surface area contributed by atoms with Crippen LogP contribution in [0.1, 0.15) is 52.1 Å². The van der Waals surface area contributed by atoms with E-state index in [-0.39, 0.29) is 5.60 Å². The molecule has 1 unspecified atom stereocenters. The minimum Gasteiger partial charge on any atom is -0.369 e. The van der Waals surface area contributed by atoms with Crippen LogP contribution in [0.2, 0.25) is 0 Å². The van der Waals surface area contributed by atoms with Crippen LogP contribution in [-0.4, -0.2) is 23.1 Å². The molecule has 2 rings (SSSR count). The lowest BCUT2D eigenvalue weighted by molar-refractivity contribution is 0.00921. The smallest absolute Gasteiger partial charge is 0.162 e. The lowest BCUT2D eigenvalue weighted by Crippen LogP contribution is -2.25. The molecule has 0 saturated carbocycles. The molecule has 1 aliphatic rings. The first kappa shape index (κ1) is 15.7. The standard InChI is InChI=1S/C15H24BrN3O/c1-5-17-13-12(16)11(9-10(2)3)18-14(19-13)15(4)7-6-8-20-15/h10H,5-9H2,1-4H3,(H,17,18,19). The summed E-state index contributed by atoms with van der Waals surface area (Å²) < 4.78 is 6.88. The largest absolute Gasteiger partial charge is 0.369 e. The maximum Gasteiger partial charge on any atom is 0.162 e. The van der Waals surface area contributed by atoms with Crippen molar-refractivity contribution in [2.75, 3.05) is 18.5 Å². The third-order valence-corrected chi connectivity index (χ3v) is 4.39. The summed E-state index contributed by atoms with van der Waals surface area (Å²) in [7, 11) is 0. The average molecular weight is 342 g/mol. The fourth-order valence-corrected chi connectivity index (χ4v) is 2.97. The molecule has 1 atom stereocenters. The van der Waals surface area contributed by atoms with Gasteiger partial charge in [0.2, 0.25) is 0 Å². The molecule has 0 spiro atoms. The summed E-state index contributed by atoms with van der Waals surface area (Å²) in [5.74, 6) is 2.25. The van der Waals surface area contributed by atoms with Crippen LogP contribution in [-0.2, 0) is 16.8 Å². The van der Waals surface area contributed by atoms with Crippen LogP contribution in [0.5, 0.6) is 0 Å². The number of aromatic nitrogens is 2. The summed E-state index contributed by atoms with van der Waals surface area (Å²) in [6, 6.07) is 0. The van der Waals surface area contributed by atoms with E-state index in [0.29, 0.717) is 5.92 Å². The highest BCUT2D eigenvalue weighted by molar-refractivity contribution is 9.10. The number of hydrogen-bond donors (Lipinski definition) is 1. The van der Waals surface area contributed by atoms with Gasteiger partial charge in [-0.05, 0) is 55.0 Å². The molecule has 20 heavy (non-hydrogen) atoms. The zero-order valence-electron chi connectivity index (χ0n) is 12.8. The Hall–Kier alpha value is -0.680. The molecular weight excluding hydrogens is 318 g/mol. The molecule has 1 aliphatic heterocycles. The van der Waals surface area contributed by atoms with Gasteiger partial charge in [-0.25, -0.2) is 9.97 Å². The summed E-state index contributed by atoms with van der Waals surface area (Å²) in [4.78, 5) is 9.48. The number of hydrogen-bond acceptors (Lipinski definition) is 4. The van der Waals surface area contributed by atoms with E-state index in [0.717, 1.165) is 54.2 Å². The number of nitrogens with one attached hydrogen (secondary N) is 1. The van der Waals surface area contributed by atoms with Crippen molar-refractivity contribution in [2.24, 2.45) is 5.92 Å². The highest BCUT2D eigenvalue weighted by atomic mass is 79.9. The first-order chi connectivity index (χ1) is 9.46. The van der Waals surface area contributed by atoms with E-state index in [2.05, 4.69) is 53.9 Å². The minimum atomic E-state index is -0.337. The lowest BCUT2D eigenvalue weighted by atomic mass is 10.0. The zero-order valence-corrected chi connectivity index (χ0v) is 14.4. The Balaban J connectivity index is 2.43. The Morgan fingerprint density at radius 3 is 2.70 bits per heavy atom. The van der Waals surface area contributed by atoms with Gasteiger partial charge in [-0.1, -0.05) is 13.8 Å². The molecule has 1 fully saturated rings. The van der Waals surface area contributed by atoms with E-state index >= 15 is 0 Å². The summed E-state index contributed by atoms with van der Waals surface area (Å²) in [5, 5.41) is 3.32. The molecule has 0 aliphatic carbocycles. The maximum absolute atomic E-state index is 5.89. The molecule has 2 heterocycles. The maximum atomic E-state index is 5.89. The normalized spacial score (nSPS) is 22.5. The van der Waals surface area contributed by atoms with Crippen molar-refractivity contribution in [1.29, 1.82) is 0 Å². The van der Waals surface area contributed by atoms with Gasteiger partial charge in [0.15, 0.2) is 5.82 Å². The van der Waals surface area contributed by atoms with E-state index in [1.807, 2.05) is 0 Å². The van der Waals surface area contributed by atoms with Crippen molar-refractivity contribution in [3.8, 4) is 0 Å². The Kier molecular flexibility index (Phi) is 5.02. The third kappa shape index (κ3) is 3.31. The van der Waals surface area contributed by atoms with E-state index in [1.54, 1.807) is 0 Å². The Morgan fingerprint density at radius 1 is 1.40 bits per heavy atom. The molecule has 1 N–H and O–H groups in total. The Labute approximate surface area is 129 Å². The van der Waals surface area contributed by atoms with Gasteiger partial charge in [0.1, 0.15) is 11.4 Å². The molecule has 1 saturated heterocycles. The number of halogens is 1. The van der Waals surface area contributed by atoms with E-state index in [9.17, 15) is 0 Å². The molecule has 0 aromatic carbocycles. The van der Waals surface area contributed by atoms with Crippen LogP contribution in [0.4, 0.5) is 5.82 Å². The van der Waals surface area contributed by atoms with Crippen LogP contribution < -0.4 is 5.32 Å². The third-order valence-electron chi connectivity index (χ3n) is 3.56. The second kappa shape index (κ2) is 6.39. The number of ether oxygens (including phenoxy) is 1. The Morgan fingerprint density at radius 2 is 2.15 bits per heavy atom. The number of nitrogens with zero attached hydrogens (tertiary/aromatic N) is 2. The molecule has 0 bridgehead atoms. The molecule has 112 valence electrons. The molecular formula is C15H24BrN3O. The van der Waals surface area contributed by atoms with Crippen molar-refractivity contribution < 1.29 is 4.74 Å². The van der Waals surface area contributed by atoms with Crippen LogP contribution in [0, 0.1) is 5.92 Å². The monoisotopic (exact) mass is 341 g/mol. The molecule has 5 heteroatoms. The zero-order chi connectivity index (χ0) is 14.8. The number of anilines is 1. The van der Waals surface area contributed by atoms with Gasteiger partial charge in [-0.3, -0.25) is 0 Å². The summed E-state index contributed by atoms with van der Waals surface area (Å²) in [6.45, 7) is 10.2. The molecule has 4 nitrogen and oxygen atoms in total. The predicted octanol–water partition coefficient (Wildman–Crippen LogP) is 3.90. The van der Waals surface area contributed by atoms with Gasteiger partial charge in [-0.15, -0.1) is 0 Å². The molecule has 1 aromatic rings. The molecule has 1 aromatic heterocycles. The van der Waals surface area contributed by atoms with Crippen LogP contribution in [0.3, 0.4) is 0 Å². The van der Waals surface area contributed by atoms with Gasteiger partial charge in [0.25, 0.3) is 0 Å². The average Bonchev–Trinajstić information content (AvgIpc) is 2.82. The highest BCUT2D eigenvalue weighted by Crippen LogP contribution is 2.36. The topological polar surface area (TPSA) is 47.0 Å².